The van der Waals surface area contributed by atoms with Gasteiger partial charge >= 0.3 is 0 Å². The van der Waals surface area contributed by atoms with Crippen molar-refractivity contribution in [2.75, 3.05) is 11.1 Å². The second-order valence-corrected chi connectivity index (χ2v) is 4.26. The molecule has 0 amide bonds. The monoisotopic (exact) mass is 268 g/mol. The first-order valence-electron chi connectivity index (χ1n) is 5.30. The summed E-state index contributed by atoms with van der Waals surface area (Å²) in [7, 11) is 0. The summed E-state index contributed by atoms with van der Waals surface area (Å²) >= 11 is 5.72. The maximum absolute atomic E-state index is 9.23. The fraction of sp³-hybridized carbons (Fsp3) is 0.300. The number of nitrogens with one attached hydrogen (secondary N) is 1. The van der Waals surface area contributed by atoms with Crippen LogP contribution < -0.4 is 11.1 Å². The predicted molar refractivity (Wildman–Crippen MR) is 68.6 cm³/mol. The average molecular weight is 269 g/mol. The van der Waals surface area contributed by atoms with Crippen molar-refractivity contribution < 1.29 is 5.11 Å². The number of aliphatic hydroxyl groups excluding tert-OH is 1. The molecule has 2 heterocycles. The summed E-state index contributed by atoms with van der Waals surface area (Å²) in [5.41, 5.74) is 6.27. The lowest BCUT2D eigenvalue weighted by atomic mass is 10.4. The maximum atomic E-state index is 9.23. The SMILES string of the molecule is CC(O)Cn1cc(Nc2ncc(Cl)c(N)n2)cn1. The number of nitrogens with two attached hydrogens (primary N) is 1. The molecular formula is C10H13ClN6O. The minimum absolute atomic E-state index is 0.213. The van der Waals surface area contributed by atoms with Crippen molar-refractivity contribution in [3.05, 3.63) is 23.6 Å². The number of aliphatic hydroxyl groups is 1. The van der Waals surface area contributed by atoms with Crippen LogP contribution in [-0.2, 0) is 6.54 Å². The van der Waals surface area contributed by atoms with Gasteiger partial charge in [0.1, 0.15) is 10.8 Å². The molecule has 2 aromatic rings. The van der Waals surface area contributed by atoms with Crippen LogP contribution in [0.15, 0.2) is 18.6 Å². The van der Waals surface area contributed by atoms with Crippen LogP contribution >= 0.6 is 11.6 Å². The van der Waals surface area contributed by atoms with Crippen molar-refractivity contribution in [1.82, 2.24) is 19.7 Å². The van der Waals surface area contributed by atoms with Gasteiger partial charge < -0.3 is 16.2 Å². The first-order valence-corrected chi connectivity index (χ1v) is 5.68. The molecule has 18 heavy (non-hydrogen) atoms. The van der Waals surface area contributed by atoms with E-state index in [1.54, 1.807) is 24.0 Å². The van der Waals surface area contributed by atoms with E-state index in [1.807, 2.05) is 0 Å². The topological polar surface area (TPSA) is 102 Å². The fourth-order valence-electron chi connectivity index (χ4n) is 1.37. The number of aromatic nitrogens is 4. The second kappa shape index (κ2) is 5.19. The van der Waals surface area contributed by atoms with Crippen LogP contribution in [0.4, 0.5) is 17.5 Å². The molecule has 0 spiro atoms. The molecule has 1 unspecified atom stereocenters. The van der Waals surface area contributed by atoms with Crippen molar-refractivity contribution >= 4 is 29.1 Å². The smallest absolute Gasteiger partial charge is 0.229 e. The van der Waals surface area contributed by atoms with E-state index in [9.17, 15) is 5.11 Å². The molecule has 0 aliphatic carbocycles. The Kier molecular flexibility index (Phi) is 3.63. The molecule has 0 saturated carbocycles. The number of hydrogen-bond acceptors (Lipinski definition) is 6. The molecule has 2 aromatic heterocycles. The number of hydrogen-bond donors (Lipinski definition) is 3. The van der Waals surface area contributed by atoms with Crippen molar-refractivity contribution in [1.29, 1.82) is 0 Å². The van der Waals surface area contributed by atoms with Crippen molar-refractivity contribution in [3.63, 3.8) is 0 Å². The van der Waals surface area contributed by atoms with Gasteiger partial charge in [-0.15, -0.1) is 0 Å². The minimum atomic E-state index is -0.458. The Hall–Kier alpha value is -1.86. The Morgan fingerprint density at radius 1 is 1.56 bits per heavy atom. The Bertz CT molecular complexity index is 541. The highest BCUT2D eigenvalue weighted by atomic mass is 35.5. The predicted octanol–water partition coefficient (Wildman–Crippen LogP) is 1.03. The Labute approximate surface area is 109 Å². The lowest BCUT2D eigenvalue weighted by Crippen LogP contribution is -2.11. The third-order valence-corrected chi connectivity index (χ3v) is 2.40. The van der Waals surface area contributed by atoms with Crippen LogP contribution in [0.5, 0.6) is 0 Å². The van der Waals surface area contributed by atoms with E-state index >= 15 is 0 Å². The van der Waals surface area contributed by atoms with Crippen LogP contribution in [-0.4, -0.2) is 31.0 Å². The molecule has 0 radical (unpaired) electrons. The zero-order valence-electron chi connectivity index (χ0n) is 9.71. The van der Waals surface area contributed by atoms with Gasteiger partial charge in [-0.05, 0) is 6.92 Å². The molecule has 1 atom stereocenters. The first-order chi connectivity index (χ1) is 8.54. The van der Waals surface area contributed by atoms with Gasteiger partial charge in [-0.1, -0.05) is 11.6 Å². The van der Waals surface area contributed by atoms with Crippen LogP contribution in [0.25, 0.3) is 0 Å². The van der Waals surface area contributed by atoms with Gasteiger partial charge in [0, 0.05) is 6.20 Å². The van der Waals surface area contributed by atoms with E-state index in [4.69, 9.17) is 17.3 Å². The molecule has 4 N–H and O–H groups in total. The average Bonchev–Trinajstić information content (AvgIpc) is 2.70. The highest BCUT2D eigenvalue weighted by Gasteiger charge is 2.05. The summed E-state index contributed by atoms with van der Waals surface area (Å²) in [4.78, 5) is 7.96. The summed E-state index contributed by atoms with van der Waals surface area (Å²) in [5, 5.41) is 16.6. The lowest BCUT2D eigenvalue weighted by Gasteiger charge is -2.04. The van der Waals surface area contributed by atoms with E-state index in [2.05, 4.69) is 20.4 Å². The standard InChI is InChI=1S/C10H13ClN6O/c1-6(18)4-17-5-7(2-14-17)15-10-13-3-8(11)9(12)16-10/h2-3,5-6,18H,4H2,1H3,(H3,12,13,15,16). The fourth-order valence-corrected chi connectivity index (χ4v) is 1.46. The van der Waals surface area contributed by atoms with E-state index in [0.717, 1.165) is 0 Å². The lowest BCUT2D eigenvalue weighted by molar-refractivity contribution is 0.168. The molecule has 0 saturated heterocycles. The van der Waals surface area contributed by atoms with Crippen molar-refractivity contribution in [3.8, 4) is 0 Å². The Balaban J connectivity index is 2.08. The molecule has 0 aliphatic rings. The first kappa shape index (κ1) is 12.6. The van der Waals surface area contributed by atoms with Crippen molar-refractivity contribution in [2.45, 2.75) is 19.6 Å². The van der Waals surface area contributed by atoms with Crippen molar-refractivity contribution in [2.24, 2.45) is 0 Å². The van der Waals surface area contributed by atoms with Gasteiger partial charge in [0.25, 0.3) is 0 Å². The summed E-state index contributed by atoms with van der Waals surface area (Å²) in [6.45, 7) is 2.11. The van der Waals surface area contributed by atoms with E-state index in [0.29, 0.717) is 23.2 Å². The minimum Gasteiger partial charge on any atom is -0.391 e. The van der Waals surface area contributed by atoms with Crippen LogP contribution in [0, 0.1) is 0 Å². The van der Waals surface area contributed by atoms with Gasteiger partial charge in [0.2, 0.25) is 5.95 Å². The van der Waals surface area contributed by atoms with Gasteiger partial charge in [-0.2, -0.15) is 10.1 Å². The van der Waals surface area contributed by atoms with Gasteiger partial charge in [0.05, 0.1) is 30.7 Å². The van der Waals surface area contributed by atoms with Crippen LogP contribution in [0.3, 0.4) is 0 Å². The summed E-state index contributed by atoms with van der Waals surface area (Å²) < 4.78 is 1.62. The number of nitrogens with zero attached hydrogens (tertiary/aromatic N) is 4. The Morgan fingerprint density at radius 2 is 2.33 bits per heavy atom. The molecule has 2 rings (SSSR count). The third-order valence-electron chi connectivity index (χ3n) is 2.11. The van der Waals surface area contributed by atoms with E-state index in [1.165, 1.54) is 6.20 Å². The molecule has 0 aliphatic heterocycles. The highest BCUT2D eigenvalue weighted by Crippen LogP contribution is 2.18. The maximum Gasteiger partial charge on any atom is 0.229 e. The zero-order chi connectivity index (χ0) is 13.1. The number of nitrogen functional groups attached to an aromatic ring is 1. The largest absolute Gasteiger partial charge is 0.391 e. The number of anilines is 3. The van der Waals surface area contributed by atoms with E-state index in [-0.39, 0.29) is 5.82 Å². The summed E-state index contributed by atoms with van der Waals surface area (Å²) in [6, 6.07) is 0. The number of rotatable bonds is 4. The molecule has 0 aromatic carbocycles. The van der Waals surface area contributed by atoms with E-state index < -0.39 is 6.10 Å². The number of halogens is 1. The summed E-state index contributed by atoms with van der Waals surface area (Å²) in [5.74, 6) is 0.555. The molecule has 7 nitrogen and oxygen atoms in total. The third kappa shape index (κ3) is 3.08. The molecular weight excluding hydrogens is 256 g/mol. The highest BCUT2D eigenvalue weighted by molar-refractivity contribution is 6.32. The second-order valence-electron chi connectivity index (χ2n) is 3.85. The normalized spacial score (nSPS) is 12.4. The molecule has 0 fully saturated rings. The molecule has 8 heteroatoms. The van der Waals surface area contributed by atoms with Gasteiger partial charge in [-0.3, -0.25) is 4.68 Å². The molecule has 0 bridgehead atoms. The van der Waals surface area contributed by atoms with Crippen LogP contribution in [0.2, 0.25) is 5.02 Å². The van der Waals surface area contributed by atoms with Gasteiger partial charge in [-0.25, -0.2) is 4.98 Å². The summed E-state index contributed by atoms with van der Waals surface area (Å²) in [6.07, 6.45) is 4.31. The van der Waals surface area contributed by atoms with Crippen LogP contribution in [0.1, 0.15) is 6.92 Å². The zero-order valence-corrected chi connectivity index (χ0v) is 10.5. The quantitative estimate of drug-likeness (QED) is 0.766. The van der Waals surface area contributed by atoms with Gasteiger partial charge in [0.15, 0.2) is 0 Å². The Morgan fingerprint density at radius 3 is 3.00 bits per heavy atom. The molecule has 96 valence electrons.